The second-order valence-corrected chi connectivity index (χ2v) is 5.47. The van der Waals surface area contributed by atoms with Gasteiger partial charge in [-0.2, -0.15) is 0 Å². The van der Waals surface area contributed by atoms with Crippen molar-refractivity contribution in [1.82, 2.24) is 4.72 Å². The predicted molar refractivity (Wildman–Crippen MR) is 63.5 cm³/mol. The molecule has 4 nitrogen and oxygen atoms in total. The van der Waals surface area contributed by atoms with Crippen LogP contribution in [0.2, 0.25) is 0 Å². The maximum Gasteiger partial charge on any atom is 0.216 e. The molecular formula is C11H17NO3S. The van der Waals surface area contributed by atoms with Gasteiger partial charge in [0.2, 0.25) is 10.0 Å². The Morgan fingerprint density at radius 1 is 1.31 bits per heavy atom. The van der Waals surface area contributed by atoms with Crippen LogP contribution in [-0.2, 0) is 20.5 Å². The Bertz CT molecular complexity index is 402. The van der Waals surface area contributed by atoms with Gasteiger partial charge in [-0.25, -0.2) is 13.1 Å². The molecular weight excluding hydrogens is 226 g/mol. The van der Waals surface area contributed by atoms with Gasteiger partial charge in [0, 0.05) is 13.2 Å². The Kier molecular flexibility index (Phi) is 4.92. The Morgan fingerprint density at radius 2 is 1.94 bits per heavy atom. The van der Waals surface area contributed by atoms with E-state index in [1.54, 1.807) is 26.2 Å². The molecule has 90 valence electrons. The van der Waals surface area contributed by atoms with Gasteiger partial charge >= 0.3 is 0 Å². The van der Waals surface area contributed by atoms with Crippen LogP contribution in [0.5, 0.6) is 0 Å². The number of ether oxygens (including phenoxy) is 1. The molecule has 0 fully saturated rings. The zero-order valence-corrected chi connectivity index (χ0v) is 10.3. The van der Waals surface area contributed by atoms with Crippen LogP contribution < -0.4 is 4.72 Å². The molecule has 1 rings (SSSR count). The van der Waals surface area contributed by atoms with Crippen molar-refractivity contribution in [3.63, 3.8) is 0 Å². The molecule has 1 atom stereocenters. The van der Waals surface area contributed by atoms with Crippen molar-refractivity contribution in [1.29, 1.82) is 0 Å². The number of nitrogens with one attached hydrogen (secondary N) is 1. The lowest BCUT2D eigenvalue weighted by Crippen LogP contribution is -2.36. The molecule has 0 saturated carbocycles. The van der Waals surface area contributed by atoms with Gasteiger partial charge in [0.15, 0.2) is 0 Å². The van der Waals surface area contributed by atoms with Crippen LogP contribution in [0.25, 0.3) is 0 Å². The third kappa shape index (κ3) is 4.74. The van der Waals surface area contributed by atoms with Crippen LogP contribution in [0.1, 0.15) is 12.5 Å². The minimum atomic E-state index is -3.29. The Morgan fingerprint density at radius 3 is 2.50 bits per heavy atom. The summed E-state index contributed by atoms with van der Waals surface area (Å²) in [7, 11) is -1.74. The first kappa shape index (κ1) is 13.2. The van der Waals surface area contributed by atoms with Crippen LogP contribution >= 0.6 is 0 Å². The maximum atomic E-state index is 11.7. The van der Waals surface area contributed by atoms with Gasteiger partial charge in [-0.15, -0.1) is 0 Å². The van der Waals surface area contributed by atoms with E-state index in [4.69, 9.17) is 4.74 Å². The molecule has 1 aromatic rings. The lowest BCUT2D eigenvalue weighted by atomic mass is 10.2. The highest BCUT2D eigenvalue weighted by molar-refractivity contribution is 7.88. The summed E-state index contributed by atoms with van der Waals surface area (Å²) in [6.45, 7) is 2.14. The highest BCUT2D eigenvalue weighted by Gasteiger charge is 2.14. The van der Waals surface area contributed by atoms with Crippen molar-refractivity contribution in [2.24, 2.45) is 0 Å². The Balaban J connectivity index is 2.59. The highest BCUT2D eigenvalue weighted by Crippen LogP contribution is 2.04. The molecule has 0 spiro atoms. The van der Waals surface area contributed by atoms with Crippen LogP contribution in [0.15, 0.2) is 30.3 Å². The number of rotatable bonds is 6. The fourth-order valence-electron chi connectivity index (χ4n) is 1.43. The predicted octanol–water partition coefficient (Wildman–Crippen LogP) is 1.14. The molecule has 0 aromatic heterocycles. The van der Waals surface area contributed by atoms with Gasteiger partial charge < -0.3 is 4.74 Å². The average Bonchev–Trinajstić information content (AvgIpc) is 2.17. The van der Waals surface area contributed by atoms with Gasteiger partial charge in [-0.05, 0) is 12.5 Å². The van der Waals surface area contributed by atoms with E-state index in [1.807, 2.05) is 18.2 Å². The first-order valence-electron chi connectivity index (χ1n) is 5.06. The molecule has 0 aliphatic heterocycles. The van der Waals surface area contributed by atoms with Gasteiger partial charge in [0.25, 0.3) is 0 Å². The second kappa shape index (κ2) is 5.98. The normalized spacial score (nSPS) is 13.6. The zero-order chi connectivity index (χ0) is 12.0. The van der Waals surface area contributed by atoms with E-state index in [-0.39, 0.29) is 11.8 Å². The van der Waals surface area contributed by atoms with E-state index in [1.165, 1.54) is 0 Å². The molecule has 5 heteroatoms. The van der Waals surface area contributed by atoms with E-state index in [9.17, 15) is 8.42 Å². The van der Waals surface area contributed by atoms with Crippen LogP contribution in [0.4, 0.5) is 0 Å². The highest BCUT2D eigenvalue weighted by atomic mass is 32.2. The molecule has 0 amide bonds. The quantitative estimate of drug-likeness (QED) is 0.815. The zero-order valence-electron chi connectivity index (χ0n) is 9.51. The summed E-state index contributed by atoms with van der Waals surface area (Å²) in [6.07, 6.45) is 0. The molecule has 0 radical (unpaired) electrons. The fraction of sp³-hybridized carbons (Fsp3) is 0.455. The molecule has 0 unspecified atom stereocenters. The summed E-state index contributed by atoms with van der Waals surface area (Å²) in [5, 5.41) is 0. The second-order valence-electron chi connectivity index (χ2n) is 3.72. The third-order valence-corrected chi connectivity index (χ3v) is 3.47. The largest absolute Gasteiger partial charge is 0.383 e. The summed E-state index contributed by atoms with van der Waals surface area (Å²) >= 11 is 0. The minimum Gasteiger partial charge on any atom is -0.383 e. The van der Waals surface area contributed by atoms with E-state index in [0.717, 1.165) is 5.56 Å². The number of hydrogen-bond donors (Lipinski definition) is 1. The van der Waals surface area contributed by atoms with E-state index in [2.05, 4.69) is 4.72 Å². The molecule has 0 aliphatic rings. The summed E-state index contributed by atoms with van der Waals surface area (Å²) in [6, 6.07) is 8.88. The monoisotopic (exact) mass is 243 g/mol. The summed E-state index contributed by atoms with van der Waals surface area (Å²) in [4.78, 5) is 0. The van der Waals surface area contributed by atoms with Crippen LogP contribution in [0.3, 0.4) is 0 Å². The van der Waals surface area contributed by atoms with Crippen LogP contribution in [-0.4, -0.2) is 28.2 Å². The number of methoxy groups -OCH3 is 1. The lowest BCUT2D eigenvalue weighted by Gasteiger charge is -2.13. The summed E-state index contributed by atoms with van der Waals surface area (Å²) in [5.41, 5.74) is 0.777. The molecule has 1 N–H and O–H groups in total. The molecule has 0 heterocycles. The smallest absolute Gasteiger partial charge is 0.216 e. The van der Waals surface area contributed by atoms with E-state index < -0.39 is 10.0 Å². The molecule has 16 heavy (non-hydrogen) atoms. The standard InChI is InChI=1S/C11H17NO3S/c1-10(8-15-2)12-16(13,14)9-11-6-4-3-5-7-11/h3-7,10,12H,8-9H2,1-2H3/t10-/m1/s1. The van der Waals surface area contributed by atoms with Crippen molar-refractivity contribution >= 4 is 10.0 Å². The molecule has 0 saturated heterocycles. The SMILES string of the molecule is COC[C@@H](C)NS(=O)(=O)Cc1ccccc1. The lowest BCUT2D eigenvalue weighted by molar-refractivity contribution is 0.180. The fourth-order valence-corrected chi connectivity index (χ4v) is 2.82. The van der Waals surface area contributed by atoms with Gasteiger partial charge in [-0.3, -0.25) is 0 Å². The van der Waals surface area contributed by atoms with Gasteiger partial charge in [0.05, 0.1) is 12.4 Å². The molecule has 0 aliphatic carbocycles. The third-order valence-electron chi connectivity index (χ3n) is 2.00. The summed E-state index contributed by atoms with van der Waals surface area (Å²) in [5.74, 6) is 0.00188. The summed E-state index contributed by atoms with van der Waals surface area (Å²) < 4.78 is 30.9. The Labute approximate surface area is 96.7 Å². The van der Waals surface area contributed by atoms with Crippen molar-refractivity contribution in [2.75, 3.05) is 13.7 Å². The number of benzene rings is 1. The van der Waals surface area contributed by atoms with Crippen LogP contribution in [0, 0.1) is 0 Å². The number of sulfonamides is 1. The minimum absolute atomic E-state index is 0.00188. The first-order valence-corrected chi connectivity index (χ1v) is 6.71. The van der Waals surface area contributed by atoms with Gasteiger partial charge in [-0.1, -0.05) is 30.3 Å². The topological polar surface area (TPSA) is 55.4 Å². The van der Waals surface area contributed by atoms with Gasteiger partial charge in [0.1, 0.15) is 0 Å². The van der Waals surface area contributed by atoms with Crippen molar-refractivity contribution in [3.8, 4) is 0 Å². The first-order chi connectivity index (χ1) is 7.53. The van der Waals surface area contributed by atoms with E-state index >= 15 is 0 Å². The van der Waals surface area contributed by atoms with E-state index in [0.29, 0.717) is 6.61 Å². The number of hydrogen-bond acceptors (Lipinski definition) is 3. The van der Waals surface area contributed by atoms with Crippen molar-refractivity contribution < 1.29 is 13.2 Å². The Hall–Kier alpha value is -0.910. The average molecular weight is 243 g/mol. The molecule has 0 bridgehead atoms. The molecule has 1 aromatic carbocycles. The van der Waals surface area contributed by atoms with Crippen molar-refractivity contribution in [3.05, 3.63) is 35.9 Å². The van der Waals surface area contributed by atoms with Crippen molar-refractivity contribution in [2.45, 2.75) is 18.7 Å². The maximum absolute atomic E-state index is 11.7.